The Morgan fingerprint density at radius 2 is 1.93 bits per heavy atom. The van der Waals surface area contributed by atoms with Gasteiger partial charge in [-0.05, 0) is 56.5 Å². The van der Waals surface area contributed by atoms with E-state index < -0.39 is 0 Å². The van der Waals surface area contributed by atoms with Crippen LogP contribution >= 0.6 is 24.0 Å². The van der Waals surface area contributed by atoms with Gasteiger partial charge < -0.3 is 24.6 Å². The number of guanidine groups is 1. The number of hydrogen-bond acceptors (Lipinski definition) is 4. The Kier molecular flexibility index (Phi) is 12.5. The molecule has 28 heavy (non-hydrogen) atoms. The molecule has 0 radical (unpaired) electrons. The number of benzene rings is 1. The number of likely N-dealkylation sites (tertiary alicyclic amines) is 1. The quantitative estimate of drug-likeness (QED) is 0.318. The maximum Gasteiger partial charge on any atom is 0.193 e. The molecule has 0 aliphatic carbocycles. The molecule has 0 bridgehead atoms. The molecule has 1 N–H and O–H groups in total. The van der Waals surface area contributed by atoms with Gasteiger partial charge in [0.1, 0.15) is 5.75 Å². The lowest BCUT2D eigenvalue weighted by atomic mass is 9.97. The van der Waals surface area contributed by atoms with E-state index in [1.54, 1.807) is 7.11 Å². The summed E-state index contributed by atoms with van der Waals surface area (Å²) >= 11 is 0. The molecular weight excluding hydrogens is 467 g/mol. The van der Waals surface area contributed by atoms with Gasteiger partial charge in [-0.25, -0.2) is 0 Å². The van der Waals surface area contributed by atoms with E-state index >= 15 is 0 Å². The van der Waals surface area contributed by atoms with E-state index in [2.05, 4.69) is 39.3 Å². The fourth-order valence-electron chi connectivity index (χ4n) is 3.46. The molecule has 1 heterocycles. The van der Waals surface area contributed by atoms with Crippen LogP contribution in [0, 0.1) is 5.92 Å². The summed E-state index contributed by atoms with van der Waals surface area (Å²) in [6, 6.07) is 8.29. The highest BCUT2D eigenvalue weighted by Crippen LogP contribution is 2.16. The highest BCUT2D eigenvalue weighted by molar-refractivity contribution is 14.0. The summed E-state index contributed by atoms with van der Waals surface area (Å²) in [4.78, 5) is 9.11. The van der Waals surface area contributed by atoms with E-state index in [1.165, 1.54) is 18.4 Å². The third-order valence-corrected chi connectivity index (χ3v) is 5.10. The molecule has 1 aromatic rings. The largest absolute Gasteiger partial charge is 0.494 e. The zero-order valence-electron chi connectivity index (χ0n) is 17.8. The minimum absolute atomic E-state index is 0. The van der Waals surface area contributed by atoms with Crippen LogP contribution in [0.25, 0.3) is 0 Å². The van der Waals surface area contributed by atoms with E-state index in [-0.39, 0.29) is 24.0 Å². The van der Waals surface area contributed by atoms with Crippen molar-refractivity contribution < 1.29 is 9.47 Å². The molecule has 0 spiro atoms. The number of aliphatic imine (C=N–C) groups is 1. The summed E-state index contributed by atoms with van der Waals surface area (Å²) in [7, 11) is 5.70. The van der Waals surface area contributed by atoms with Crippen molar-refractivity contribution in [2.45, 2.75) is 26.3 Å². The van der Waals surface area contributed by atoms with Gasteiger partial charge in [-0.2, -0.15) is 0 Å². The molecule has 1 aromatic carbocycles. The van der Waals surface area contributed by atoms with Crippen LogP contribution in [0.5, 0.6) is 5.75 Å². The number of nitrogens with zero attached hydrogens (tertiary/aromatic N) is 3. The van der Waals surface area contributed by atoms with Crippen LogP contribution < -0.4 is 10.1 Å². The number of ether oxygens (including phenoxy) is 2. The average molecular weight is 504 g/mol. The first-order valence-corrected chi connectivity index (χ1v) is 10.0. The standard InChI is InChI=1S/C21H36N4O2.HI/c1-5-27-20-8-6-19(7-9-20)17-24(3)21(22-2)23-16-18-10-12-25(13-11-18)14-15-26-4;/h6-9,18H,5,10-17H2,1-4H3,(H,22,23);1H. The smallest absolute Gasteiger partial charge is 0.193 e. The van der Waals surface area contributed by atoms with E-state index in [0.29, 0.717) is 12.5 Å². The lowest BCUT2D eigenvalue weighted by molar-refractivity contribution is 0.120. The number of rotatable bonds is 9. The van der Waals surface area contributed by atoms with Gasteiger partial charge in [-0.15, -0.1) is 24.0 Å². The lowest BCUT2D eigenvalue weighted by Gasteiger charge is -2.32. The van der Waals surface area contributed by atoms with Crippen molar-refractivity contribution in [2.24, 2.45) is 10.9 Å². The monoisotopic (exact) mass is 504 g/mol. The maximum atomic E-state index is 5.51. The maximum absolute atomic E-state index is 5.51. The van der Waals surface area contributed by atoms with Crippen LogP contribution in [0.15, 0.2) is 29.3 Å². The third kappa shape index (κ3) is 8.53. The zero-order valence-corrected chi connectivity index (χ0v) is 20.1. The molecule has 0 atom stereocenters. The van der Waals surface area contributed by atoms with Gasteiger partial charge in [0.05, 0.1) is 13.2 Å². The minimum Gasteiger partial charge on any atom is -0.494 e. The zero-order chi connectivity index (χ0) is 19.5. The van der Waals surface area contributed by atoms with Gasteiger partial charge in [0, 0.05) is 40.8 Å². The van der Waals surface area contributed by atoms with Gasteiger partial charge in [0.15, 0.2) is 5.96 Å². The average Bonchev–Trinajstić information content (AvgIpc) is 2.69. The van der Waals surface area contributed by atoms with Crippen LogP contribution in [-0.4, -0.2) is 76.4 Å². The minimum atomic E-state index is 0. The molecule has 0 amide bonds. The Balaban J connectivity index is 0.00000392. The summed E-state index contributed by atoms with van der Waals surface area (Å²) in [6.45, 7) is 8.70. The van der Waals surface area contributed by atoms with Crippen LogP contribution in [0.4, 0.5) is 0 Å². The molecule has 1 fully saturated rings. The van der Waals surface area contributed by atoms with E-state index in [9.17, 15) is 0 Å². The van der Waals surface area contributed by atoms with Crippen molar-refractivity contribution >= 4 is 29.9 Å². The lowest BCUT2D eigenvalue weighted by Crippen LogP contribution is -2.43. The Morgan fingerprint density at radius 1 is 1.25 bits per heavy atom. The first kappa shape index (κ1) is 25.0. The molecule has 1 aliphatic rings. The number of hydrogen-bond donors (Lipinski definition) is 1. The third-order valence-electron chi connectivity index (χ3n) is 5.10. The second-order valence-electron chi connectivity index (χ2n) is 7.14. The van der Waals surface area contributed by atoms with Crippen molar-refractivity contribution in [1.29, 1.82) is 0 Å². The second kappa shape index (κ2) is 14.0. The predicted molar refractivity (Wildman–Crippen MR) is 127 cm³/mol. The van der Waals surface area contributed by atoms with Crippen molar-refractivity contribution in [1.82, 2.24) is 15.1 Å². The fraction of sp³-hybridized carbons (Fsp3) is 0.667. The van der Waals surface area contributed by atoms with Crippen LogP contribution in [0.2, 0.25) is 0 Å². The number of methoxy groups -OCH3 is 1. The van der Waals surface area contributed by atoms with Crippen LogP contribution in [0.3, 0.4) is 0 Å². The van der Waals surface area contributed by atoms with Crippen molar-refractivity contribution in [3.05, 3.63) is 29.8 Å². The Labute approximate surface area is 187 Å². The van der Waals surface area contributed by atoms with E-state index in [1.807, 2.05) is 26.1 Å². The normalized spacial score (nSPS) is 15.8. The van der Waals surface area contributed by atoms with Crippen LogP contribution in [-0.2, 0) is 11.3 Å². The SMILES string of the molecule is CCOc1ccc(CN(C)C(=NC)NCC2CCN(CCOC)CC2)cc1.I. The molecule has 1 saturated heterocycles. The number of nitrogens with one attached hydrogen (secondary N) is 1. The molecule has 0 aromatic heterocycles. The van der Waals surface area contributed by atoms with Gasteiger partial charge in [0.25, 0.3) is 0 Å². The van der Waals surface area contributed by atoms with Crippen molar-refractivity contribution in [3.63, 3.8) is 0 Å². The van der Waals surface area contributed by atoms with Crippen molar-refractivity contribution in [3.8, 4) is 5.75 Å². The molecule has 6 nitrogen and oxygen atoms in total. The van der Waals surface area contributed by atoms with Crippen LogP contribution in [0.1, 0.15) is 25.3 Å². The molecular formula is C21H37IN4O2. The molecule has 160 valence electrons. The number of halogens is 1. The fourth-order valence-corrected chi connectivity index (χ4v) is 3.46. The summed E-state index contributed by atoms with van der Waals surface area (Å²) in [5.74, 6) is 2.58. The summed E-state index contributed by atoms with van der Waals surface area (Å²) in [6.07, 6.45) is 2.46. The summed E-state index contributed by atoms with van der Waals surface area (Å²) < 4.78 is 10.7. The van der Waals surface area contributed by atoms with Gasteiger partial charge in [0.2, 0.25) is 0 Å². The Morgan fingerprint density at radius 3 is 2.50 bits per heavy atom. The van der Waals surface area contributed by atoms with Gasteiger partial charge in [-0.3, -0.25) is 4.99 Å². The highest BCUT2D eigenvalue weighted by atomic mass is 127. The second-order valence-corrected chi connectivity index (χ2v) is 7.14. The first-order chi connectivity index (χ1) is 13.2. The first-order valence-electron chi connectivity index (χ1n) is 10.0. The summed E-state index contributed by atoms with van der Waals surface area (Å²) in [5.41, 5.74) is 1.25. The van der Waals surface area contributed by atoms with Crippen molar-refractivity contribution in [2.75, 3.05) is 60.6 Å². The molecule has 1 aliphatic heterocycles. The molecule has 7 heteroatoms. The molecule has 0 saturated carbocycles. The topological polar surface area (TPSA) is 49.3 Å². The predicted octanol–water partition coefficient (Wildman–Crippen LogP) is 3.07. The van der Waals surface area contributed by atoms with Gasteiger partial charge >= 0.3 is 0 Å². The van der Waals surface area contributed by atoms with E-state index in [0.717, 1.165) is 51.0 Å². The van der Waals surface area contributed by atoms with E-state index in [4.69, 9.17) is 9.47 Å². The summed E-state index contributed by atoms with van der Waals surface area (Å²) in [5, 5.41) is 3.56. The number of piperidine rings is 1. The Hall–Kier alpha value is -1.06. The van der Waals surface area contributed by atoms with Gasteiger partial charge in [-0.1, -0.05) is 12.1 Å². The molecule has 0 unspecified atom stereocenters. The highest BCUT2D eigenvalue weighted by Gasteiger charge is 2.19. The Bertz CT molecular complexity index is 560. The molecule has 2 rings (SSSR count).